The predicted molar refractivity (Wildman–Crippen MR) is 64.0 cm³/mol. The first-order valence-corrected chi connectivity index (χ1v) is 5.98. The van der Waals surface area contributed by atoms with Crippen LogP contribution in [-0.4, -0.2) is 33.1 Å². The Balaban J connectivity index is 2.88. The fourth-order valence-corrected chi connectivity index (χ4v) is 2.62. The Morgan fingerprint density at radius 1 is 1.38 bits per heavy atom. The lowest BCUT2D eigenvalue weighted by atomic mass is 9.76. The van der Waals surface area contributed by atoms with E-state index >= 15 is 0 Å². The minimum atomic E-state index is -0.896. The summed E-state index contributed by atoms with van der Waals surface area (Å²) in [6, 6.07) is 0. The second-order valence-electron chi connectivity index (χ2n) is 5.74. The lowest BCUT2D eigenvalue weighted by Gasteiger charge is -2.32. The SMILES string of the molecule is CCC(O)C=CC1C(C)(O)CC(O)C1(C)C. The Bertz CT molecular complexity index is 268. The van der Waals surface area contributed by atoms with E-state index in [9.17, 15) is 15.3 Å². The number of aliphatic hydroxyl groups excluding tert-OH is 2. The summed E-state index contributed by atoms with van der Waals surface area (Å²) in [6.45, 7) is 7.55. The Morgan fingerprint density at radius 2 is 1.94 bits per heavy atom. The van der Waals surface area contributed by atoms with E-state index < -0.39 is 17.8 Å². The normalized spacial score (nSPS) is 40.4. The van der Waals surface area contributed by atoms with Gasteiger partial charge in [0.1, 0.15) is 0 Å². The second-order valence-corrected chi connectivity index (χ2v) is 5.74. The van der Waals surface area contributed by atoms with Crippen LogP contribution in [0.25, 0.3) is 0 Å². The zero-order chi connectivity index (χ0) is 12.6. The van der Waals surface area contributed by atoms with E-state index in [2.05, 4.69) is 0 Å². The van der Waals surface area contributed by atoms with E-state index in [1.165, 1.54) is 0 Å². The zero-order valence-corrected chi connectivity index (χ0v) is 10.6. The van der Waals surface area contributed by atoms with E-state index in [1.807, 2.05) is 26.8 Å². The molecule has 1 saturated carbocycles. The lowest BCUT2D eigenvalue weighted by Crippen LogP contribution is -2.35. The summed E-state index contributed by atoms with van der Waals surface area (Å²) in [5.41, 5.74) is -1.25. The highest BCUT2D eigenvalue weighted by Crippen LogP contribution is 2.49. The highest BCUT2D eigenvalue weighted by Gasteiger charge is 2.53. The molecule has 3 nitrogen and oxygen atoms in total. The molecular weight excluding hydrogens is 204 g/mol. The molecule has 1 aliphatic carbocycles. The Kier molecular flexibility index (Phi) is 3.83. The minimum absolute atomic E-state index is 0.129. The van der Waals surface area contributed by atoms with E-state index in [4.69, 9.17) is 0 Å². The first-order valence-electron chi connectivity index (χ1n) is 5.98. The van der Waals surface area contributed by atoms with Crippen molar-refractivity contribution in [1.29, 1.82) is 0 Å². The fourth-order valence-electron chi connectivity index (χ4n) is 2.62. The summed E-state index contributed by atoms with van der Waals surface area (Å²) in [4.78, 5) is 0. The van der Waals surface area contributed by atoms with Gasteiger partial charge in [-0.25, -0.2) is 0 Å². The van der Waals surface area contributed by atoms with E-state index in [-0.39, 0.29) is 11.3 Å². The molecule has 0 bridgehead atoms. The van der Waals surface area contributed by atoms with Crippen molar-refractivity contribution < 1.29 is 15.3 Å². The molecule has 1 aliphatic rings. The fraction of sp³-hybridized carbons (Fsp3) is 0.846. The summed E-state index contributed by atoms with van der Waals surface area (Å²) in [5.74, 6) is -0.129. The number of aliphatic hydroxyl groups is 3. The molecule has 0 amide bonds. The van der Waals surface area contributed by atoms with Gasteiger partial charge in [0, 0.05) is 12.3 Å². The standard InChI is InChI=1S/C13H24O3/c1-5-9(14)6-7-10-12(2,3)11(15)8-13(10,4)16/h6-7,9-11,14-16H,5,8H2,1-4H3. The molecule has 16 heavy (non-hydrogen) atoms. The van der Waals surface area contributed by atoms with Crippen LogP contribution in [0.1, 0.15) is 40.5 Å². The molecule has 0 heterocycles. The summed E-state index contributed by atoms with van der Waals surface area (Å²) in [5, 5.41) is 29.7. The smallest absolute Gasteiger partial charge is 0.0718 e. The topological polar surface area (TPSA) is 60.7 Å². The van der Waals surface area contributed by atoms with Gasteiger partial charge in [0.25, 0.3) is 0 Å². The Morgan fingerprint density at radius 3 is 2.31 bits per heavy atom. The second kappa shape index (κ2) is 4.47. The van der Waals surface area contributed by atoms with Crippen molar-refractivity contribution in [2.75, 3.05) is 0 Å². The molecule has 0 radical (unpaired) electrons. The van der Waals surface area contributed by atoms with Crippen LogP contribution >= 0.6 is 0 Å². The molecule has 0 aromatic rings. The maximum absolute atomic E-state index is 10.3. The first-order chi connectivity index (χ1) is 7.21. The maximum atomic E-state index is 10.3. The van der Waals surface area contributed by atoms with Gasteiger partial charge >= 0.3 is 0 Å². The van der Waals surface area contributed by atoms with E-state index in [0.717, 1.165) is 0 Å². The molecule has 4 atom stereocenters. The molecule has 0 aromatic heterocycles. The first kappa shape index (κ1) is 13.7. The molecule has 0 saturated heterocycles. The molecule has 4 unspecified atom stereocenters. The number of hydrogen-bond acceptors (Lipinski definition) is 3. The molecule has 3 N–H and O–H groups in total. The van der Waals surface area contributed by atoms with Crippen molar-refractivity contribution in [3.8, 4) is 0 Å². The average molecular weight is 228 g/mol. The molecule has 3 heteroatoms. The van der Waals surface area contributed by atoms with Gasteiger partial charge in [-0.2, -0.15) is 0 Å². The highest BCUT2D eigenvalue weighted by molar-refractivity contribution is 5.13. The highest BCUT2D eigenvalue weighted by atomic mass is 16.3. The summed E-state index contributed by atoms with van der Waals surface area (Å²) in [7, 11) is 0. The van der Waals surface area contributed by atoms with Crippen LogP contribution < -0.4 is 0 Å². The monoisotopic (exact) mass is 228 g/mol. The van der Waals surface area contributed by atoms with Crippen LogP contribution in [0.5, 0.6) is 0 Å². The number of rotatable bonds is 3. The van der Waals surface area contributed by atoms with Crippen LogP contribution in [0.15, 0.2) is 12.2 Å². The average Bonchev–Trinajstić information content (AvgIpc) is 2.30. The van der Waals surface area contributed by atoms with Crippen molar-refractivity contribution >= 4 is 0 Å². The quantitative estimate of drug-likeness (QED) is 0.641. The van der Waals surface area contributed by atoms with Crippen molar-refractivity contribution in [2.24, 2.45) is 11.3 Å². The van der Waals surface area contributed by atoms with Gasteiger partial charge in [0.15, 0.2) is 0 Å². The van der Waals surface area contributed by atoms with Gasteiger partial charge < -0.3 is 15.3 Å². The van der Waals surface area contributed by atoms with Crippen molar-refractivity contribution in [2.45, 2.75) is 58.3 Å². The van der Waals surface area contributed by atoms with E-state index in [0.29, 0.717) is 12.8 Å². The van der Waals surface area contributed by atoms with Gasteiger partial charge in [-0.3, -0.25) is 0 Å². The van der Waals surface area contributed by atoms with Crippen LogP contribution in [0.4, 0.5) is 0 Å². The summed E-state index contributed by atoms with van der Waals surface area (Å²) < 4.78 is 0. The maximum Gasteiger partial charge on any atom is 0.0718 e. The lowest BCUT2D eigenvalue weighted by molar-refractivity contribution is 0.0181. The molecule has 0 aliphatic heterocycles. The van der Waals surface area contributed by atoms with Crippen molar-refractivity contribution in [1.82, 2.24) is 0 Å². The number of hydrogen-bond donors (Lipinski definition) is 3. The Hall–Kier alpha value is -0.380. The van der Waals surface area contributed by atoms with Gasteiger partial charge in [0.05, 0.1) is 17.8 Å². The summed E-state index contributed by atoms with van der Waals surface area (Å²) >= 11 is 0. The van der Waals surface area contributed by atoms with E-state index in [1.54, 1.807) is 13.0 Å². The van der Waals surface area contributed by atoms with Crippen molar-refractivity contribution in [3.63, 3.8) is 0 Å². The summed E-state index contributed by atoms with van der Waals surface area (Å²) in [6.07, 6.45) is 3.65. The van der Waals surface area contributed by atoms with Gasteiger partial charge in [-0.1, -0.05) is 32.9 Å². The van der Waals surface area contributed by atoms with Crippen LogP contribution in [-0.2, 0) is 0 Å². The van der Waals surface area contributed by atoms with Crippen LogP contribution in [0.2, 0.25) is 0 Å². The van der Waals surface area contributed by atoms with Gasteiger partial charge in [-0.05, 0) is 18.8 Å². The zero-order valence-electron chi connectivity index (χ0n) is 10.6. The third-order valence-electron chi connectivity index (χ3n) is 3.88. The molecule has 1 rings (SSSR count). The Labute approximate surface area is 97.8 Å². The third kappa shape index (κ3) is 2.47. The molecule has 0 spiro atoms. The minimum Gasteiger partial charge on any atom is -0.392 e. The van der Waals surface area contributed by atoms with Crippen molar-refractivity contribution in [3.05, 3.63) is 12.2 Å². The van der Waals surface area contributed by atoms with Gasteiger partial charge in [-0.15, -0.1) is 0 Å². The largest absolute Gasteiger partial charge is 0.392 e. The van der Waals surface area contributed by atoms with Crippen LogP contribution in [0.3, 0.4) is 0 Å². The predicted octanol–water partition coefficient (Wildman–Crippen LogP) is 1.47. The molecule has 1 fully saturated rings. The van der Waals surface area contributed by atoms with Crippen LogP contribution in [0, 0.1) is 11.3 Å². The molecule has 94 valence electrons. The third-order valence-corrected chi connectivity index (χ3v) is 3.88. The molecular formula is C13H24O3. The van der Waals surface area contributed by atoms with Gasteiger partial charge in [0.2, 0.25) is 0 Å². The molecule has 0 aromatic carbocycles.